The Bertz CT molecular complexity index is 714. The predicted octanol–water partition coefficient (Wildman–Crippen LogP) is 3.51. The normalized spacial score (nSPS) is 10.3. The molecule has 0 aliphatic heterocycles. The van der Waals surface area contributed by atoms with Crippen LogP contribution in [0.4, 0.5) is 15.9 Å². The lowest BCUT2D eigenvalue weighted by Gasteiger charge is -2.09. The molecule has 0 aliphatic carbocycles. The van der Waals surface area contributed by atoms with Crippen molar-refractivity contribution in [1.29, 1.82) is 0 Å². The van der Waals surface area contributed by atoms with E-state index in [1.807, 2.05) is 0 Å². The van der Waals surface area contributed by atoms with Crippen LogP contribution in [0.3, 0.4) is 0 Å². The van der Waals surface area contributed by atoms with E-state index in [-0.39, 0.29) is 27.5 Å². The maximum absolute atomic E-state index is 13.1. The van der Waals surface area contributed by atoms with Gasteiger partial charge in [0.25, 0.3) is 0 Å². The van der Waals surface area contributed by atoms with Gasteiger partial charge < -0.3 is 10.2 Å². The number of nitrogen functional groups attached to an aromatic ring is 1. The maximum atomic E-state index is 13.1. The standard InChI is InChI=1S/C11H7Cl2FN4O3/c12-6-4-7(13)11(16-10(6)17-15)21-9-2-1-5(14)3-8(9)18(19)20/h1-4H,15H2,(H,16,17). The number of nitrogens with one attached hydrogen (secondary N) is 1. The van der Waals surface area contributed by atoms with Crippen LogP contribution in [0, 0.1) is 15.9 Å². The number of anilines is 1. The lowest BCUT2D eigenvalue weighted by Crippen LogP contribution is -2.09. The molecular weight excluding hydrogens is 326 g/mol. The number of aromatic nitrogens is 1. The third kappa shape index (κ3) is 3.30. The molecule has 21 heavy (non-hydrogen) atoms. The third-order valence-corrected chi connectivity index (χ3v) is 2.92. The van der Waals surface area contributed by atoms with Crippen LogP contribution in [0.1, 0.15) is 0 Å². The van der Waals surface area contributed by atoms with Crippen molar-refractivity contribution >= 4 is 34.7 Å². The van der Waals surface area contributed by atoms with Crippen LogP contribution < -0.4 is 16.0 Å². The highest BCUT2D eigenvalue weighted by molar-refractivity contribution is 6.36. The first-order valence-corrected chi connectivity index (χ1v) is 6.12. The number of benzene rings is 1. The third-order valence-electron chi connectivity index (χ3n) is 2.36. The van der Waals surface area contributed by atoms with Gasteiger partial charge in [-0.1, -0.05) is 23.2 Å². The Morgan fingerprint density at radius 1 is 1.33 bits per heavy atom. The largest absolute Gasteiger partial charge is 0.430 e. The number of hydrogen-bond acceptors (Lipinski definition) is 6. The van der Waals surface area contributed by atoms with Crippen molar-refractivity contribution < 1.29 is 14.1 Å². The second kappa shape index (κ2) is 6.08. The topological polar surface area (TPSA) is 103 Å². The lowest BCUT2D eigenvalue weighted by molar-refractivity contribution is -0.385. The monoisotopic (exact) mass is 332 g/mol. The molecule has 0 spiro atoms. The highest BCUT2D eigenvalue weighted by atomic mass is 35.5. The molecule has 0 unspecified atom stereocenters. The van der Waals surface area contributed by atoms with Crippen molar-refractivity contribution in [3.63, 3.8) is 0 Å². The predicted molar refractivity (Wildman–Crippen MR) is 75.2 cm³/mol. The molecule has 7 nitrogen and oxygen atoms in total. The van der Waals surface area contributed by atoms with E-state index in [0.29, 0.717) is 0 Å². The molecule has 2 rings (SSSR count). The van der Waals surface area contributed by atoms with Gasteiger partial charge in [0.2, 0.25) is 11.6 Å². The first-order valence-electron chi connectivity index (χ1n) is 5.37. The van der Waals surface area contributed by atoms with E-state index in [0.717, 1.165) is 18.2 Å². The molecule has 0 atom stereocenters. The van der Waals surface area contributed by atoms with Crippen molar-refractivity contribution in [2.45, 2.75) is 0 Å². The first-order chi connectivity index (χ1) is 9.92. The van der Waals surface area contributed by atoms with Crippen molar-refractivity contribution in [2.24, 2.45) is 5.84 Å². The minimum atomic E-state index is -0.787. The Balaban J connectivity index is 2.45. The van der Waals surface area contributed by atoms with Crippen LogP contribution in [0.25, 0.3) is 0 Å². The molecule has 1 aromatic carbocycles. The number of nitro benzene ring substituents is 1. The van der Waals surface area contributed by atoms with Gasteiger partial charge in [0, 0.05) is 0 Å². The minimum Gasteiger partial charge on any atom is -0.430 e. The van der Waals surface area contributed by atoms with E-state index < -0.39 is 16.4 Å². The number of nitrogens with two attached hydrogens (primary N) is 1. The van der Waals surface area contributed by atoms with Crippen LogP contribution in [0.5, 0.6) is 11.6 Å². The molecule has 2 aromatic rings. The number of hydrogen-bond donors (Lipinski definition) is 2. The van der Waals surface area contributed by atoms with E-state index in [1.54, 1.807) is 0 Å². The van der Waals surface area contributed by atoms with Crippen LogP contribution in [-0.4, -0.2) is 9.91 Å². The number of halogens is 3. The van der Waals surface area contributed by atoms with Crippen LogP contribution in [0.2, 0.25) is 10.0 Å². The summed E-state index contributed by atoms with van der Waals surface area (Å²) in [6.07, 6.45) is 0. The smallest absolute Gasteiger partial charge is 0.314 e. The number of nitrogens with zero attached hydrogens (tertiary/aromatic N) is 2. The summed E-state index contributed by atoms with van der Waals surface area (Å²) in [6, 6.07) is 4.13. The van der Waals surface area contributed by atoms with Gasteiger partial charge in [-0.25, -0.2) is 10.2 Å². The summed E-state index contributed by atoms with van der Waals surface area (Å²) in [6.45, 7) is 0. The molecule has 3 N–H and O–H groups in total. The van der Waals surface area contributed by atoms with Crippen molar-refractivity contribution in [1.82, 2.24) is 4.98 Å². The zero-order valence-corrected chi connectivity index (χ0v) is 11.7. The number of pyridine rings is 1. The molecule has 0 saturated carbocycles. The van der Waals surface area contributed by atoms with E-state index in [1.165, 1.54) is 6.07 Å². The van der Waals surface area contributed by atoms with Crippen LogP contribution in [0.15, 0.2) is 24.3 Å². The van der Waals surface area contributed by atoms with Gasteiger partial charge in [0.05, 0.1) is 16.0 Å². The van der Waals surface area contributed by atoms with Gasteiger partial charge in [0.15, 0.2) is 5.82 Å². The van der Waals surface area contributed by atoms with E-state index in [2.05, 4.69) is 10.4 Å². The van der Waals surface area contributed by atoms with E-state index in [4.69, 9.17) is 33.8 Å². The fourth-order valence-electron chi connectivity index (χ4n) is 1.45. The molecule has 1 aromatic heterocycles. The van der Waals surface area contributed by atoms with Crippen molar-refractivity contribution in [3.05, 3.63) is 50.2 Å². The summed E-state index contributed by atoms with van der Waals surface area (Å²) in [4.78, 5) is 14.0. The Hall–Kier alpha value is -2.16. The lowest BCUT2D eigenvalue weighted by atomic mass is 10.3. The molecule has 0 radical (unpaired) electrons. The molecule has 0 aliphatic rings. The van der Waals surface area contributed by atoms with Gasteiger partial charge in [-0.2, -0.15) is 4.98 Å². The summed E-state index contributed by atoms with van der Waals surface area (Å²) < 4.78 is 18.3. The minimum absolute atomic E-state index is 0.0117. The fourth-order valence-corrected chi connectivity index (χ4v) is 1.90. The number of nitro groups is 1. The summed E-state index contributed by atoms with van der Waals surface area (Å²) in [5, 5.41) is 11.0. The Kier molecular flexibility index (Phi) is 4.41. The van der Waals surface area contributed by atoms with Crippen LogP contribution >= 0.6 is 23.2 Å². The highest BCUT2D eigenvalue weighted by Crippen LogP contribution is 2.36. The van der Waals surface area contributed by atoms with Crippen molar-refractivity contribution in [2.75, 3.05) is 5.43 Å². The Morgan fingerprint density at radius 3 is 2.67 bits per heavy atom. The quantitative estimate of drug-likeness (QED) is 0.504. The molecule has 0 amide bonds. The fraction of sp³-hybridized carbons (Fsp3) is 0. The van der Waals surface area contributed by atoms with Gasteiger partial charge in [-0.05, 0) is 18.2 Å². The van der Waals surface area contributed by atoms with Gasteiger partial charge in [-0.3, -0.25) is 10.1 Å². The summed E-state index contributed by atoms with van der Waals surface area (Å²) in [5.74, 6) is 4.12. The average molecular weight is 333 g/mol. The molecule has 0 fully saturated rings. The van der Waals surface area contributed by atoms with Gasteiger partial charge in [0.1, 0.15) is 10.8 Å². The zero-order chi connectivity index (χ0) is 15.6. The van der Waals surface area contributed by atoms with E-state index >= 15 is 0 Å². The Labute approximate surface area is 127 Å². The zero-order valence-electron chi connectivity index (χ0n) is 10.1. The maximum Gasteiger partial charge on any atom is 0.314 e. The second-order valence-corrected chi connectivity index (χ2v) is 4.54. The second-order valence-electron chi connectivity index (χ2n) is 3.72. The molecular formula is C11H7Cl2FN4O3. The molecule has 0 saturated heterocycles. The number of ether oxygens (including phenoxy) is 1. The molecule has 0 bridgehead atoms. The first kappa shape index (κ1) is 15.2. The molecule has 110 valence electrons. The van der Waals surface area contributed by atoms with Crippen LogP contribution in [-0.2, 0) is 0 Å². The average Bonchev–Trinajstić information content (AvgIpc) is 2.43. The SMILES string of the molecule is NNc1nc(Oc2ccc(F)cc2[N+](=O)[O-])c(Cl)cc1Cl. The van der Waals surface area contributed by atoms with Crippen molar-refractivity contribution in [3.8, 4) is 11.6 Å². The number of hydrazine groups is 1. The Morgan fingerprint density at radius 2 is 2.05 bits per heavy atom. The summed E-state index contributed by atoms with van der Waals surface area (Å²) in [7, 11) is 0. The highest BCUT2D eigenvalue weighted by Gasteiger charge is 2.19. The summed E-state index contributed by atoms with van der Waals surface area (Å²) in [5.41, 5.74) is 1.65. The van der Waals surface area contributed by atoms with Gasteiger partial charge in [-0.15, -0.1) is 0 Å². The molecule has 10 heteroatoms. The molecule has 1 heterocycles. The number of rotatable bonds is 4. The van der Waals surface area contributed by atoms with Gasteiger partial charge >= 0.3 is 5.69 Å². The van der Waals surface area contributed by atoms with E-state index in [9.17, 15) is 14.5 Å². The summed E-state index contributed by atoms with van der Waals surface area (Å²) >= 11 is 11.7.